The SMILES string of the molecule is C=CCNC(=O)Nc1cccc(NC(=O)c2ccoc2)c1. The molecule has 1 heterocycles. The number of carbonyl (C=O) groups is 2. The van der Waals surface area contributed by atoms with E-state index in [4.69, 9.17) is 4.42 Å². The van der Waals surface area contributed by atoms with Crippen LogP contribution >= 0.6 is 0 Å². The van der Waals surface area contributed by atoms with Gasteiger partial charge in [0.2, 0.25) is 0 Å². The van der Waals surface area contributed by atoms with Crippen molar-refractivity contribution in [2.45, 2.75) is 0 Å². The first kappa shape index (κ1) is 14.4. The van der Waals surface area contributed by atoms with E-state index in [-0.39, 0.29) is 11.9 Å². The molecule has 0 saturated heterocycles. The fourth-order valence-electron chi connectivity index (χ4n) is 1.61. The zero-order chi connectivity index (χ0) is 15.1. The summed E-state index contributed by atoms with van der Waals surface area (Å²) in [6, 6.07) is 8.07. The predicted molar refractivity (Wildman–Crippen MR) is 80.3 cm³/mol. The molecule has 0 bridgehead atoms. The third-order valence-electron chi connectivity index (χ3n) is 2.57. The van der Waals surface area contributed by atoms with Crippen molar-refractivity contribution in [3.63, 3.8) is 0 Å². The van der Waals surface area contributed by atoms with Gasteiger partial charge in [-0.25, -0.2) is 4.79 Å². The van der Waals surface area contributed by atoms with E-state index in [9.17, 15) is 9.59 Å². The van der Waals surface area contributed by atoms with E-state index < -0.39 is 0 Å². The Morgan fingerprint density at radius 2 is 1.95 bits per heavy atom. The van der Waals surface area contributed by atoms with E-state index in [0.29, 0.717) is 23.5 Å². The highest BCUT2D eigenvalue weighted by Gasteiger charge is 2.08. The summed E-state index contributed by atoms with van der Waals surface area (Å²) >= 11 is 0. The van der Waals surface area contributed by atoms with Crippen LogP contribution in [0.5, 0.6) is 0 Å². The summed E-state index contributed by atoms with van der Waals surface area (Å²) in [6.45, 7) is 3.89. The van der Waals surface area contributed by atoms with Crippen LogP contribution in [0.4, 0.5) is 16.2 Å². The molecular weight excluding hydrogens is 270 g/mol. The summed E-state index contributed by atoms with van der Waals surface area (Å²) in [5.41, 5.74) is 1.57. The molecule has 0 aliphatic heterocycles. The molecule has 108 valence electrons. The Morgan fingerprint density at radius 3 is 2.62 bits per heavy atom. The van der Waals surface area contributed by atoms with Crippen molar-refractivity contribution in [1.29, 1.82) is 0 Å². The van der Waals surface area contributed by atoms with Gasteiger partial charge in [-0.05, 0) is 24.3 Å². The molecule has 0 atom stereocenters. The second kappa shape index (κ2) is 6.95. The van der Waals surface area contributed by atoms with Crippen LogP contribution in [0.25, 0.3) is 0 Å². The van der Waals surface area contributed by atoms with Gasteiger partial charge < -0.3 is 20.4 Å². The molecular formula is C15H15N3O3. The summed E-state index contributed by atoms with van der Waals surface area (Å²) in [5.74, 6) is -0.281. The lowest BCUT2D eigenvalue weighted by Gasteiger charge is -2.08. The summed E-state index contributed by atoms with van der Waals surface area (Å²) in [7, 11) is 0. The van der Waals surface area contributed by atoms with Crippen molar-refractivity contribution in [1.82, 2.24) is 5.32 Å². The van der Waals surface area contributed by atoms with Crippen molar-refractivity contribution in [3.05, 3.63) is 61.1 Å². The zero-order valence-electron chi connectivity index (χ0n) is 11.3. The molecule has 3 N–H and O–H groups in total. The molecule has 3 amide bonds. The van der Waals surface area contributed by atoms with Crippen LogP contribution in [0.2, 0.25) is 0 Å². The van der Waals surface area contributed by atoms with Crippen molar-refractivity contribution in [2.24, 2.45) is 0 Å². The number of nitrogens with one attached hydrogen (secondary N) is 3. The fourth-order valence-corrected chi connectivity index (χ4v) is 1.61. The van der Waals surface area contributed by atoms with E-state index in [0.717, 1.165) is 0 Å². The topological polar surface area (TPSA) is 83.4 Å². The Hall–Kier alpha value is -3.02. The largest absolute Gasteiger partial charge is 0.472 e. The number of anilines is 2. The Balaban J connectivity index is 1.99. The summed E-state index contributed by atoms with van der Waals surface area (Å²) in [6.07, 6.45) is 4.37. The molecule has 0 aliphatic carbocycles. The first-order valence-electron chi connectivity index (χ1n) is 6.28. The highest BCUT2D eigenvalue weighted by molar-refractivity contribution is 6.04. The van der Waals surface area contributed by atoms with Gasteiger partial charge in [0, 0.05) is 17.9 Å². The smallest absolute Gasteiger partial charge is 0.319 e. The quantitative estimate of drug-likeness (QED) is 0.739. The van der Waals surface area contributed by atoms with Crippen molar-refractivity contribution >= 4 is 23.3 Å². The van der Waals surface area contributed by atoms with Crippen molar-refractivity contribution in [3.8, 4) is 0 Å². The van der Waals surface area contributed by atoms with Crippen molar-refractivity contribution in [2.75, 3.05) is 17.2 Å². The number of hydrogen-bond acceptors (Lipinski definition) is 3. The van der Waals surface area contributed by atoms with Gasteiger partial charge in [0.1, 0.15) is 6.26 Å². The van der Waals surface area contributed by atoms with Crippen molar-refractivity contribution < 1.29 is 14.0 Å². The first-order chi connectivity index (χ1) is 10.2. The van der Waals surface area contributed by atoms with Crippen LogP contribution in [-0.4, -0.2) is 18.5 Å². The monoisotopic (exact) mass is 285 g/mol. The molecule has 6 nitrogen and oxygen atoms in total. The zero-order valence-corrected chi connectivity index (χ0v) is 11.3. The van der Waals surface area contributed by atoms with Gasteiger partial charge in [-0.15, -0.1) is 6.58 Å². The number of benzene rings is 1. The lowest BCUT2D eigenvalue weighted by Crippen LogP contribution is -2.28. The molecule has 6 heteroatoms. The normalized spacial score (nSPS) is 9.71. The number of urea groups is 1. The van der Waals surface area contributed by atoms with E-state index >= 15 is 0 Å². The molecule has 0 saturated carbocycles. The molecule has 2 aromatic rings. The number of furan rings is 1. The third kappa shape index (κ3) is 4.24. The average molecular weight is 285 g/mol. The fraction of sp³-hybridized carbons (Fsp3) is 0.0667. The maximum atomic E-state index is 11.9. The van der Waals surface area contributed by atoms with E-state index in [2.05, 4.69) is 22.5 Å². The van der Waals surface area contributed by atoms with Gasteiger partial charge in [-0.3, -0.25) is 4.79 Å². The molecule has 0 aliphatic rings. The second-order valence-corrected chi connectivity index (χ2v) is 4.17. The molecule has 1 aromatic heterocycles. The molecule has 0 fully saturated rings. The number of hydrogen-bond donors (Lipinski definition) is 3. The van der Waals surface area contributed by atoms with Gasteiger partial charge in [-0.2, -0.15) is 0 Å². The first-order valence-corrected chi connectivity index (χ1v) is 6.28. The van der Waals surface area contributed by atoms with Crippen LogP contribution in [-0.2, 0) is 0 Å². The van der Waals surface area contributed by atoms with Crippen LogP contribution in [0, 0.1) is 0 Å². The lowest BCUT2D eigenvalue weighted by molar-refractivity contribution is 0.102. The van der Waals surface area contributed by atoms with Crippen LogP contribution in [0.15, 0.2) is 59.9 Å². The number of carbonyl (C=O) groups excluding carboxylic acids is 2. The molecule has 1 aromatic carbocycles. The summed E-state index contributed by atoms with van der Waals surface area (Å²) < 4.78 is 4.85. The molecule has 21 heavy (non-hydrogen) atoms. The predicted octanol–water partition coefficient (Wildman–Crippen LogP) is 2.84. The van der Waals surface area contributed by atoms with E-state index in [1.54, 1.807) is 36.4 Å². The highest BCUT2D eigenvalue weighted by atomic mass is 16.3. The van der Waals surface area contributed by atoms with Crippen LogP contribution in [0.3, 0.4) is 0 Å². The van der Waals surface area contributed by atoms with Crippen LogP contribution in [0.1, 0.15) is 10.4 Å². The highest BCUT2D eigenvalue weighted by Crippen LogP contribution is 2.16. The Kier molecular flexibility index (Phi) is 4.76. The lowest BCUT2D eigenvalue weighted by atomic mass is 10.2. The minimum Gasteiger partial charge on any atom is -0.472 e. The Labute approximate surface area is 121 Å². The second-order valence-electron chi connectivity index (χ2n) is 4.17. The number of amides is 3. The average Bonchev–Trinajstić information content (AvgIpc) is 3.00. The molecule has 0 radical (unpaired) electrons. The molecule has 0 unspecified atom stereocenters. The van der Waals surface area contributed by atoms with E-state index in [1.807, 2.05) is 0 Å². The maximum Gasteiger partial charge on any atom is 0.319 e. The minimum atomic E-state index is -0.340. The van der Waals surface area contributed by atoms with Gasteiger partial charge in [0.25, 0.3) is 5.91 Å². The Morgan fingerprint density at radius 1 is 1.19 bits per heavy atom. The third-order valence-corrected chi connectivity index (χ3v) is 2.57. The maximum absolute atomic E-state index is 11.9. The summed E-state index contributed by atoms with van der Waals surface area (Å²) in [4.78, 5) is 23.4. The van der Waals surface area contributed by atoms with Gasteiger partial charge >= 0.3 is 6.03 Å². The molecule has 2 rings (SSSR count). The standard InChI is InChI=1S/C15H15N3O3/c1-2-7-16-15(20)18-13-5-3-4-12(9-13)17-14(19)11-6-8-21-10-11/h2-6,8-10H,1,7H2,(H,17,19)(H2,16,18,20). The van der Waals surface area contributed by atoms with E-state index in [1.165, 1.54) is 12.5 Å². The minimum absolute atomic E-state index is 0.281. The van der Waals surface area contributed by atoms with Crippen LogP contribution < -0.4 is 16.0 Å². The van der Waals surface area contributed by atoms with Gasteiger partial charge in [0.15, 0.2) is 0 Å². The molecule has 0 spiro atoms. The number of rotatable bonds is 5. The Bertz CT molecular complexity index is 635. The van der Waals surface area contributed by atoms with Gasteiger partial charge in [0.05, 0.1) is 11.8 Å². The van der Waals surface area contributed by atoms with Gasteiger partial charge in [-0.1, -0.05) is 12.1 Å². The summed E-state index contributed by atoms with van der Waals surface area (Å²) in [5, 5.41) is 7.97.